The second kappa shape index (κ2) is 14.1. The quantitative estimate of drug-likeness (QED) is 0.205. The largest absolute Gasteiger partial charge is 0.381 e. The van der Waals surface area contributed by atoms with Crippen molar-refractivity contribution in [1.82, 2.24) is 25.3 Å². The predicted molar refractivity (Wildman–Crippen MR) is 123 cm³/mol. The molecule has 1 aromatic heterocycles. The zero-order chi connectivity index (χ0) is 19.5. The number of ether oxygens (including phenoxy) is 2. The monoisotopic (exact) mass is 508 g/mol. The first-order valence-corrected chi connectivity index (χ1v) is 9.92. The first-order chi connectivity index (χ1) is 13.1. The van der Waals surface area contributed by atoms with Crippen LogP contribution in [-0.4, -0.2) is 80.8 Å². The van der Waals surface area contributed by atoms with E-state index in [1.165, 1.54) is 5.56 Å². The highest BCUT2D eigenvalue weighted by Crippen LogP contribution is 2.17. The van der Waals surface area contributed by atoms with Crippen LogP contribution in [0.2, 0.25) is 0 Å². The number of likely N-dealkylation sites (N-methyl/N-ethyl adjacent to an activating group) is 1. The smallest absolute Gasteiger partial charge is 0.191 e. The maximum Gasteiger partial charge on any atom is 0.191 e. The number of rotatable bonds is 11. The molecule has 2 N–H and O–H groups in total. The molecular weight excluding hydrogens is 471 g/mol. The summed E-state index contributed by atoms with van der Waals surface area (Å²) in [4.78, 5) is 6.93. The zero-order valence-corrected chi connectivity index (χ0v) is 20.0. The summed E-state index contributed by atoms with van der Waals surface area (Å²) in [5, 5.41) is 11.0. The van der Waals surface area contributed by atoms with Gasteiger partial charge in [-0.1, -0.05) is 0 Å². The van der Waals surface area contributed by atoms with Gasteiger partial charge >= 0.3 is 0 Å². The molecule has 9 heteroatoms. The summed E-state index contributed by atoms with van der Waals surface area (Å²) >= 11 is 0. The van der Waals surface area contributed by atoms with Gasteiger partial charge < -0.3 is 25.0 Å². The van der Waals surface area contributed by atoms with Crippen LogP contribution in [0.4, 0.5) is 0 Å². The van der Waals surface area contributed by atoms with Crippen LogP contribution >= 0.6 is 24.0 Å². The van der Waals surface area contributed by atoms with Crippen LogP contribution in [0.1, 0.15) is 31.4 Å². The van der Waals surface area contributed by atoms with Crippen molar-refractivity contribution in [2.24, 2.45) is 18.0 Å². The van der Waals surface area contributed by atoms with Gasteiger partial charge in [0.25, 0.3) is 0 Å². The second-order valence-corrected chi connectivity index (χ2v) is 7.23. The first kappa shape index (κ1) is 25.1. The fraction of sp³-hybridized carbons (Fsp3) is 0.789. The van der Waals surface area contributed by atoms with E-state index in [2.05, 4.69) is 41.7 Å². The molecule has 1 saturated heterocycles. The highest BCUT2D eigenvalue weighted by atomic mass is 127. The lowest BCUT2D eigenvalue weighted by Crippen LogP contribution is -2.38. The van der Waals surface area contributed by atoms with Crippen LogP contribution in [0, 0.1) is 5.92 Å². The fourth-order valence-corrected chi connectivity index (χ4v) is 3.04. The van der Waals surface area contributed by atoms with Crippen molar-refractivity contribution in [2.75, 3.05) is 60.2 Å². The Kier molecular flexibility index (Phi) is 12.7. The van der Waals surface area contributed by atoms with E-state index in [1.807, 2.05) is 24.1 Å². The van der Waals surface area contributed by atoms with Crippen molar-refractivity contribution >= 4 is 29.9 Å². The summed E-state index contributed by atoms with van der Waals surface area (Å²) in [6, 6.07) is 0.200. The molecule has 8 nitrogen and oxygen atoms in total. The van der Waals surface area contributed by atoms with Gasteiger partial charge in [-0.05, 0) is 33.9 Å². The first-order valence-electron chi connectivity index (χ1n) is 9.92. The van der Waals surface area contributed by atoms with E-state index in [9.17, 15) is 0 Å². The average molecular weight is 508 g/mol. The van der Waals surface area contributed by atoms with Gasteiger partial charge in [0.15, 0.2) is 5.96 Å². The Balaban J connectivity index is 0.00000392. The van der Waals surface area contributed by atoms with E-state index in [1.54, 1.807) is 0 Å². The Labute approximate surface area is 186 Å². The van der Waals surface area contributed by atoms with E-state index >= 15 is 0 Å². The minimum absolute atomic E-state index is 0. The summed E-state index contributed by atoms with van der Waals surface area (Å²) < 4.78 is 12.9. The molecule has 2 atom stereocenters. The molecule has 28 heavy (non-hydrogen) atoms. The topological polar surface area (TPSA) is 75.9 Å². The Bertz CT molecular complexity index is 560. The van der Waals surface area contributed by atoms with Gasteiger partial charge in [0.1, 0.15) is 0 Å². The summed E-state index contributed by atoms with van der Waals surface area (Å²) in [6.07, 6.45) is 6.04. The molecule has 2 heterocycles. The number of hydrogen-bond acceptors (Lipinski definition) is 5. The summed E-state index contributed by atoms with van der Waals surface area (Å²) in [6.45, 7) is 7.73. The fourth-order valence-electron chi connectivity index (χ4n) is 3.04. The number of nitrogens with one attached hydrogen (secondary N) is 2. The summed E-state index contributed by atoms with van der Waals surface area (Å²) in [7, 11) is 6.08. The molecule has 1 aromatic rings. The minimum atomic E-state index is 0. The van der Waals surface area contributed by atoms with E-state index < -0.39 is 0 Å². The molecule has 0 saturated carbocycles. The summed E-state index contributed by atoms with van der Waals surface area (Å²) in [5.41, 5.74) is 1.17. The number of guanidine groups is 1. The molecule has 0 amide bonds. The van der Waals surface area contributed by atoms with Gasteiger partial charge in [0, 0.05) is 51.0 Å². The molecule has 1 aliphatic heterocycles. The Morgan fingerprint density at radius 1 is 1.46 bits per heavy atom. The highest BCUT2D eigenvalue weighted by molar-refractivity contribution is 14.0. The van der Waals surface area contributed by atoms with E-state index in [0.717, 1.165) is 58.3 Å². The Morgan fingerprint density at radius 2 is 2.29 bits per heavy atom. The SMILES string of the molecule is CCNC(=NCC(c1cnn(C)c1)N(C)C)NCCCOCC1CCOC1.I. The highest BCUT2D eigenvalue weighted by Gasteiger charge is 2.16. The molecule has 0 spiro atoms. The number of aromatic nitrogens is 2. The van der Waals surface area contributed by atoms with Crippen LogP contribution in [-0.2, 0) is 16.5 Å². The lowest BCUT2D eigenvalue weighted by Gasteiger charge is -2.22. The van der Waals surface area contributed by atoms with Crippen molar-refractivity contribution in [3.63, 3.8) is 0 Å². The van der Waals surface area contributed by atoms with Crippen molar-refractivity contribution < 1.29 is 9.47 Å². The molecule has 0 aliphatic carbocycles. The lowest BCUT2D eigenvalue weighted by molar-refractivity contribution is 0.0888. The Hall–Kier alpha value is -0.910. The maximum atomic E-state index is 5.75. The minimum Gasteiger partial charge on any atom is -0.381 e. The Morgan fingerprint density at radius 3 is 2.89 bits per heavy atom. The molecule has 2 rings (SSSR count). The molecule has 2 unspecified atom stereocenters. The van der Waals surface area contributed by atoms with Gasteiger partial charge in [-0.3, -0.25) is 9.67 Å². The molecule has 0 radical (unpaired) electrons. The third kappa shape index (κ3) is 9.06. The normalized spacial score (nSPS) is 18.2. The van der Waals surface area contributed by atoms with Crippen molar-refractivity contribution in [3.05, 3.63) is 18.0 Å². The van der Waals surface area contributed by atoms with Gasteiger partial charge in [0.2, 0.25) is 0 Å². The van der Waals surface area contributed by atoms with Gasteiger partial charge in [-0.2, -0.15) is 5.10 Å². The number of halogens is 1. The van der Waals surface area contributed by atoms with Crippen LogP contribution in [0.3, 0.4) is 0 Å². The van der Waals surface area contributed by atoms with Crippen LogP contribution in [0.5, 0.6) is 0 Å². The standard InChI is InChI=1S/C19H36N6O2.HI/c1-5-20-19(21-8-6-9-26-14-16-7-10-27-15-16)22-12-18(24(2)3)17-11-23-25(4)13-17;/h11,13,16,18H,5-10,12,14-15H2,1-4H3,(H2,20,21,22);1H. The van der Waals surface area contributed by atoms with Crippen molar-refractivity contribution in [3.8, 4) is 0 Å². The molecular formula is C19H37IN6O2. The van der Waals surface area contributed by atoms with Gasteiger partial charge in [-0.15, -0.1) is 24.0 Å². The van der Waals surface area contributed by atoms with E-state index in [0.29, 0.717) is 12.5 Å². The number of nitrogens with zero attached hydrogens (tertiary/aromatic N) is 4. The van der Waals surface area contributed by atoms with Crippen molar-refractivity contribution in [2.45, 2.75) is 25.8 Å². The van der Waals surface area contributed by atoms with Crippen molar-refractivity contribution in [1.29, 1.82) is 0 Å². The third-order valence-corrected chi connectivity index (χ3v) is 4.63. The van der Waals surface area contributed by atoms with Gasteiger partial charge in [-0.25, -0.2) is 0 Å². The second-order valence-electron chi connectivity index (χ2n) is 7.23. The zero-order valence-electron chi connectivity index (χ0n) is 17.7. The van der Waals surface area contributed by atoms with Crippen LogP contribution in [0.25, 0.3) is 0 Å². The number of aliphatic imine (C=N–C) groups is 1. The maximum absolute atomic E-state index is 5.75. The average Bonchev–Trinajstić information content (AvgIpc) is 3.29. The lowest BCUT2D eigenvalue weighted by atomic mass is 10.1. The summed E-state index contributed by atoms with van der Waals surface area (Å²) in [5.74, 6) is 1.42. The number of aryl methyl sites for hydroxylation is 1. The van der Waals surface area contributed by atoms with Gasteiger partial charge in [0.05, 0.1) is 32.0 Å². The van der Waals surface area contributed by atoms with E-state index in [4.69, 9.17) is 14.5 Å². The molecule has 1 fully saturated rings. The van der Waals surface area contributed by atoms with Crippen LogP contribution < -0.4 is 10.6 Å². The third-order valence-electron chi connectivity index (χ3n) is 4.63. The van der Waals surface area contributed by atoms with E-state index in [-0.39, 0.29) is 30.0 Å². The predicted octanol–water partition coefficient (Wildman–Crippen LogP) is 1.64. The molecule has 1 aliphatic rings. The van der Waals surface area contributed by atoms with Crippen LogP contribution in [0.15, 0.2) is 17.4 Å². The molecule has 0 aromatic carbocycles. The molecule has 0 bridgehead atoms. The number of hydrogen-bond donors (Lipinski definition) is 2. The molecule has 162 valence electrons.